The number of guanidine groups is 1. The summed E-state index contributed by atoms with van der Waals surface area (Å²) >= 11 is 6.26. The van der Waals surface area contributed by atoms with Gasteiger partial charge in [0.15, 0.2) is 5.96 Å². The summed E-state index contributed by atoms with van der Waals surface area (Å²) < 4.78 is 13.4. The molecule has 1 atom stereocenters. The Balaban J connectivity index is 1.97. The molecule has 0 amide bonds. The first-order valence-corrected chi connectivity index (χ1v) is 10.5. The Bertz CT molecular complexity index is 656. The van der Waals surface area contributed by atoms with Gasteiger partial charge in [-0.2, -0.15) is 0 Å². The number of nitrogens with one attached hydrogen (secondary N) is 2. The normalized spacial score (nSPS) is 18.2. The maximum atomic E-state index is 13.4. The van der Waals surface area contributed by atoms with Crippen molar-refractivity contribution in [2.45, 2.75) is 39.2 Å². The first kappa shape index (κ1) is 22.9. The summed E-state index contributed by atoms with van der Waals surface area (Å²) in [4.78, 5) is 9.65. The maximum Gasteiger partial charge on any atom is 0.191 e. The van der Waals surface area contributed by atoms with E-state index in [1.807, 2.05) is 0 Å². The van der Waals surface area contributed by atoms with E-state index in [0.29, 0.717) is 17.6 Å². The monoisotopic (exact) mass is 411 g/mol. The third-order valence-corrected chi connectivity index (χ3v) is 5.68. The number of likely N-dealkylation sites (N-methyl/N-ethyl adjacent to an activating group) is 1. The fraction of sp³-hybridized carbons (Fsp3) is 0.667. The first-order valence-electron chi connectivity index (χ1n) is 10.1. The molecule has 2 N–H and O–H groups in total. The maximum absolute atomic E-state index is 13.4. The van der Waals surface area contributed by atoms with E-state index < -0.39 is 0 Å². The second-order valence-electron chi connectivity index (χ2n) is 8.27. The summed E-state index contributed by atoms with van der Waals surface area (Å²) in [6.07, 6.45) is 0. The second-order valence-corrected chi connectivity index (χ2v) is 8.68. The highest BCUT2D eigenvalue weighted by molar-refractivity contribution is 6.31. The molecule has 1 aliphatic heterocycles. The highest BCUT2D eigenvalue weighted by Gasteiger charge is 2.24. The van der Waals surface area contributed by atoms with Crippen molar-refractivity contribution in [2.24, 2.45) is 4.99 Å². The smallest absolute Gasteiger partial charge is 0.191 e. The molecule has 7 heteroatoms. The van der Waals surface area contributed by atoms with Crippen molar-refractivity contribution < 1.29 is 4.39 Å². The molecule has 158 valence electrons. The van der Waals surface area contributed by atoms with Gasteiger partial charge in [0.05, 0.1) is 6.54 Å². The standard InChI is InChI=1S/C21H35ClFN5/c1-6-24-20(25-14-16(2)28-11-9-27(5)10-12-28)26-15-21(3,4)18-8-7-17(23)13-19(18)22/h7-8,13,16H,6,9-12,14-15H2,1-5H3,(H2,24,25,26). The van der Waals surface area contributed by atoms with Crippen molar-refractivity contribution in [3.63, 3.8) is 0 Å². The number of piperazine rings is 1. The van der Waals surface area contributed by atoms with Crippen LogP contribution in [-0.4, -0.2) is 74.7 Å². The average Bonchev–Trinajstić information content (AvgIpc) is 2.64. The molecule has 28 heavy (non-hydrogen) atoms. The molecule has 0 bridgehead atoms. The molecule has 1 aromatic carbocycles. The van der Waals surface area contributed by atoms with Crippen LogP contribution < -0.4 is 10.6 Å². The summed E-state index contributed by atoms with van der Waals surface area (Å²) in [6.45, 7) is 15.1. The molecule has 1 unspecified atom stereocenters. The minimum absolute atomic E-state index is 0.295. The van der Waals surface area contributed by atoms with Crippen LogP contribution in [0.4, 0.5) is 4.39 Å². The fourth-order valence-electron chi connectivity index (χ4n) is 3.38. The first-order chi connectivity index (χ1) is 13.2. The van der Waals surface area contributed by atoms with Crippen LogP contribution in [0.1, 0.15) is 33.3 Å². The van der Waals surface area contributed by atoms with Crippen LogP contribution in [0.5, 0.6) is 0 Å². The van der Waals surface area contributed by atoms with Crippen LogP contribution in [0.3, 0.4) is 0 Å². The van der Waals surface area contributed by atoms with E-state index in [1.54, 1.807) is 6.07 Å². The SMILES string of the molecule is CCNC(=NCC(C)(C)c1ccc(F)cc1Cl)NCC(C)N1CCN(C)CC1. The van der Waals surface area contributed by atoms with E-state index in [1.165, 1.54) is 12.1 Å². The zero-order chi connectivity index (χ0) is 20.7. The van der Waals surface area contributed by atoms with E-state index in [-0.39, 0.29) is 11.2 Å². The van der Waals surface area contributed by atoms with Gasteiger partial charge in [-0.15, -0.1) is 0 Å². The van der Waals surface area contributed by atoms with Crippen LogP contribution in [0, 0.1) is 5.82 Å². The lowest BCUT2D eigenvalue weighted by Gasteiger charge is -2.36. The molecule has 0 aliphatic carbocycles. The third-order valence-electron chi connectivity index (χ3n) is 5.36. The molecule has 0 spiro atoms. The van der Waals surface area contributed by atoms with Crippen LogP contribution in [-0.2, 0) is 5.41 Å². The zero-order valence-electron chi connectivity index (χ0n) is 17.9. The van der Waals surface area contributed by atoms with Gasteiger partial charge < -0.3 is 15.5 Å². The summed E-state index contributed by atoms with van der Waals surface area (Å²) in [5, 5.41) is 7.23. The average molecular weight is 412 g/mol. The molecular formula is C21H35ClFN5. The molecule has 5 nitrogen and oxygen atoms in total. The third kappa shape index (κ3) is 6.61. The van der Waals surface area contributed by atoms with Gasteiger partial charge in [0, 0.05) is 55.7 Å². The minimum Gasteiger partial charge on any atom is -0.357 e. The van der Waals surface area contributed by atoms with E-state index in [2.05, 4.69) is 55.2 Å². The van der Waals surface area contributed by atoms with Crippen molar-refractivity contribution >= 4 is 17.6 Å². The summed E-state index contributed by atoms with van der Waals surface area (Å²) in [7, 11) is 2.17. The Hall–Kier alpha value is -1.37. The number of hydrogen-bond donors (Lipinski definition) is 2. The van der Waals surface area contributed by atoms with Gasteiger partial charge in [0.2, 0.25) is 0 Å². The van der Waals surface area contributed by atoms with Gasteiger partial charge in [0.25, 0.3) is 0 Å². The molecule has 1 fully saturated rings. The van der Waals surface area contributed by atoms with E-state index in [0.717, 1.165) is 50.8 Å². The second kappa shape index (κ2) is 10.4. The number of aliphatic imine (C=N–C) groups is 1. The largest absolute Gasteiger partial charge is 0.357 e. The lowest BCUT2D eigenvalue weighted by atomic mass is 9.84. The number of hydrogen-bond acceptors (Lipinski definition) is 3. The van der Waals surface area contributed by atoms with E-state index in [9.17, 15) is 4.39 Å². The van der Waals surface area contributed by atoms with Gasteiger partial charge in [-0.05, 0) is 38.6 Å². The Morgan fingerprint density at radius 1 is 1.25 bits per heavy atom. The number of halogens is 2. The van der Waals surface area contributed by atoms with Crippen LogP contribution in [0.2, 0.25) is 5.02 Å². The molecule has 1 heterocycles. The van der Waals surface area contributed by atoms with Gasteiger partial charge in [0.1, 0.15) is 5.82 Å². The highest BCUT2D eigenvalue weighted by atomic mass is 35.5. The lowest BCUT2D eigenvalue weighted by molar-refractivity contribution is 0.120. The van der Waals surface area contributed by atoms with Crippen molar-refractivity contribution in [1.82, 2.24) is 20.4 Å². The molecule has 1 aromatic rings. The van der Waals surface area contributed by atoms with E-state index >= 15 is 0 Å². The molecule has 0 aromatic heterocycles. The van der Waals surface area contributed by atoms with Crippen LogP contribution >= 0.6 is 11.6 Å². The lowest BCUT2D eigenvalue weighted by Crippen LogP contribution is -2.52. The topological polar surface area (TPSA) is 42.9 Å². The van der Waals surface area contributed by atoms with Gasteiger partial charge in [-0.1, -0.05) is 31.5 Å². The molecule has 0 saturated carbocycles. The molecule has 0 radical (unpaired) electrons. The molecular weight excluding hydrogens is 377 g/mol. The highest BCUT2D eigenvalue weighted by Crippen LogP contribution is 2.30. The fourth-order valence-corrected chi connectivity index (χ4v) is 3.80. The van der Waals surface area contributed by atoms with Crippen molar-refractivity contribution in [3.05, 3.63) is 34.6 Å². The van der Waals surface area contributed by atoms with Gasteiger partial charge in [-0.3, -0.25) is 9.89 Å². The van der Waals surface area contributed by atoms with Crippen LogP contribution in [0.15, 0.2) is 23.2 Å². The Morgan fingerprint density at radius 2 is 1.93 bits per heavy atom. The Labute approximate surface area is 174 Å². The predicted octanol–water partition coefficient (Wildman–Crippen LogP) is 2.95. The summed E-state index contributed by atoms with van der Waals surface area (Å²) in [5.74, 6) is 0.482. The molecule has 1 saturated heterocycles. The quantitative estimate of drug-likeness (QED) is 0.534. The number of nitrogens with zero attached hydrogens (tertiary/aromatic N) is 3. The van der Waals surface area contributed by atoms with Crippen molar-refractivity contribution in [2.75, 3.05) is 52.9 Å². The molecule has 1 aliphatic rings. The summed E-state index contributed by atoms with van der Waals surface area (Å²) in [6, 6.07) is 5.01. The van der Waals surface area contributed by atoms with Gasteiger partial charge in [-0.25, -0.2) is 4.39 Å². The zero-order valence-corrected chi connectivity index (χ0v) is 18.6. The van der Waals surface area contributed by atoms with Gasteiger partial charge >= 0.3 is 0 Å². The van der Waals surface area contributed by atoms with E-state index in [4.69, 9.17) is 16.6 Å². The summed E-state index contributed by atoms with van der Waals surface area (Å²) in [5.41, 5.74) is 0.608. The minimum atomic E-state index is -0.319. The predicted molar refractivity (Wildman–Crippen MR) is 117 cm³/mol. The number of rotatable bonds is 7. The molecule has 2 rings (SSSR count). The van der Waals surface area contributed by atoms with Crippen LogP contribution in [0.25, 0.3) is 0 Å². The van der Waals surface area contributed by atoms with Crippen molar-refractivity contribution in [3.8, 4) is 0 Å². The van der Waals surface area contributed by atoms with Crippen molar-refractivity contribution in [1.29, 1.82) is 0 Å². The Kier molecular flexibility index (Phi) is 8.53. The number of benzene rings is 1. The Morgan fingerprint density at radius 3 is 2.54 bits per heavy atom.